The van der Waals surface area contributed by atoms with Gasteiger partial charge in [0, 0.05) is 6.54 Å². The highest BCUT2D eigenvalue weighted by molar-refractivity contribution is 5.90. The summed E-state index contributed by atoms with van der Waals surface area (Å²) in [5.74, 6) is -0.526. The van der Waals surface area contributed by atoms with Crippen LogP contribution in [0.4, 0.5) is 13.2 Å². The molecule has 1 amide bonds. The van der Waals surface area contributed by atoms with E-state index < -0.39 is 17.6 Å². The highest BCUT2D eigenvalue weighted by Crippen LogP contribution is 2.29. The molecule has 0 aliphatic heterocycles. The number of carbonyl (C=O) groups excluding carboxylic acids is 1. The van der Waals surface area contributed by atoms with Gasteiger partial charge in [-0.1, -0.05) is 12.1 Å². The molecule has 0 saturated carbocycles. The van der Waals surface area contributed by atoms with Gasteiger partial charge in [-0.2, -0.15) is 18.3 Å². The first-order valence-corrected chi connectivity index (χ1v) is 5.26. The number of amides is 1. The van der Waals surface area contributed by atoms with Crippen molar-refractivity contribution in [1.29, 1.82) is 0 Å². The zero-order valence-corrected chi connectivity index (χ0v) is 9.53. The minimum absolute atomic E-state index is 0.00646. The summed E-state index contributed by atoms with van der Waals surface area (Å²) in [6.45, 7) is -0.0244. The maximum atomic E-state index is 12.5. The van der Waals surface area contributed by atoms with Crippen molar-refractivity contribution < 1.29 is 18.0 Å². The summed E-state index contributed by atoms with van der Waals surface area (Å²) < 4.78 is 37.4. The number of aromatic nitrogens is 3. The number of halogens is 3. The molecule has 0 aliphatic carbocycles. The first-order chi connectivity index (χ1) is 8.97. The Labute approximate surface area is 105 Å². The molecule has 2 N–H and O–H groups in total. The lowest BCUT2D eigenvalue weighted by Gasteiger charge is -2.09. The molecule has 5 nitrogen and oxygen atoms in total. The van der Waals surface area contributed by atoms with Gasteiger partial charge in [0.25, 0.3) is 5.91 Å². The van der Waals surface area contributed by atoms with Crippen molar-refractivity contribution in [3.05, 3.63) is 47.5 Å². The molecular weight excluding hydrogens is 261 g/mol. The molecule has 0 bridgehead atoms. The highest BCUT2D eigenvalue weighted by Gasteiger charge is 2.30. The number of nitrogens with zero attached hydrogens (tertiary/aromatic N) is 2. The second kappa shape index (κ2) is 5.09. The molecule has 0 unspecified atom stereocenters. The fourth-order valence-electron chi connectivity index (χ4n) is 1.44. The molecule has 2 rings (SSSR count). The predicted octanol–water partition coefficient (Wildman–Crippen LogP) is 1.75. The van der Waals surface area contributed by atoms with E-state index in [0.29, 0.717) is 5.56 Å². The smallest absolute Gasteiger partial charge is 0.345 e. The number of aromatic amines is 1. The van der Waals surface area contributed by atoms with E-state index in [9.17, 15) is 18.0 Å². The number of benzene rings is 1. The van der Waals surface area contributed by atoms with Gasteiger partial charge in [-0.15, -0.1) is 0 Å². The first-order valence-electron chi connectivity index (χ1n) is 5.26. The molecule has 2 aromatic rings. The Hall–Kier alpha value is -2.38. The van der Waals surface area contributed by atoms with Gasteiger partial charge in [-0.25, -0.2) is 4.98 Å². The average molecular weight is 270 g/mol. The zero-order chi connectivity index (χ0) is 13.9. The van der Waals surface area contributed by atoms with Crippen LogP contribution in [0.5, 0.6) is 0 Å². The molecule has 8 heteroatoms. The van der Waals surface area contributed by atoms with Gasteiger partial charge in [0.15, 0.2) is 0 Å². The van der Waals surface area contributed by atoms with E-state index in [1.165, 1.54) is 18.5 Å². The number of H-pyrrole nitrogens is 1. The van der Waals surface area contributed by atoms with Crippen molar-refractivity contribution in [2.45, 2.75) is 12.7 Å². The maximum Gasteiger partial charge on any atom is 0.416 e. The van der Waals surface area contributed by atoms with Crippen LogP contribution >= 0.6 is 0 Å². The van der Waals surface area contributed by atoms with Gasteiger partial charge in [0.2, 0.25) is 5.82 Å². The third-order valence-corrected chi connectivity index (χ3v) is 2.34. The van der Waals surface area contributed by atoms with Crippen LogP contribution < -0.4 is 5.32 Å². The number of nitrogens with one attached hydrogen (secondary N) is 2. The average Bonchev–Trinajstić information content (AvgIpc) is 2.89. The summed E-state index contributed by atoms with van der Waals surface area (Å²) in [5.41, 5.74) is -0.401. The monoisotopic (exact) mass is 270 g/mol. The van der Waals surface area contributed by atoms with Gasteiger partial charge in [0.05, 0.1) is 5.56 Å². The number of carbonyl (C=O) groups is 1. The topological polar surface area (TPSA) is 70.7 Å². The Kier molecular flexibility index (Phi) is 3.50. The van der Waals surface area contributed by atoms with Crippen LogP contribution in [-0.4, -0.2) is 21.1 Å². The molecule has 0 spiro atoms. The van der Waals surface area contributed by atoms with Crippen molar-refractivity contribution in [1.82, 2.24) is 20.5 Å². The van der Waals surface area contributed by atoms with Gasteiger partial charge in [-0.3, -0.25) is 9.89 Å². The quantitative estimate of drug-likeness (QED) is 0.892. The SMILES string of the molecule is O=C(NCc1cccc(C(F)(F)F)c1)c1ncn[nH]1. The van der Waals surface area contributed by atoms with Gasteiger partial charge in [-0.05, 0) is 17.7 Å². The summed E-state index contributed by atoms with van der Waals surface area (Å²) in [6.07, 6.45) is -3.23. The maximum absolute atomic E-state index is 12.5. The minimum atomic E-state index is -4.40. The predicted molar refractivity (Wildman–Crippen MR) is 59.0 cm³/mol. The third kappa shape index (κ3) is 3.30. The van der Waals surface area contributed by atoms with Crippen LogP contribution in [0.25, 0.3) is 0 Å². The second-order valence-corrected chi connectivity index (χ2v) is 3.71. The van der Waals surface area contributed by atoms with Crippen molar-refractivity contribution in [2.75, 3.05) is 0 Å². The fraction of sp³-hybridized carbons (Fsp3) is 0.182. The van der Waals surface area contributed by atoms with E-state index in [1.54, 1.807) is 0 Å². The van der Waals surface area contributed by atoms with Crippen molar-refractivity contribution >= 4 is 5.91 Å². The van der Waals surface area contributed by atoms with Crippen molar-refractivity contribution in [3.63, 3.8) is 0 Å². The molecule has 0 atom stereocenters. The third-order valence-electron chi connectivity index (χ3n) is 2.34. The van der Waals surface area contributed by atoms with E-state index in [1.807, 2.05) is 0 Å². The number of hydrogen-bond donors (Lipinski definition) is 2. The molecule has 19 heavy (non-hydrogen) atoms. The summed E-state index contributed by atoms with van der Waals surface area (Å²) in [4.78, 5) is 15.1. The zero-order valence-electron chi connectivity index (χ0n) is 9.53. The molecule has 0 aliphatic rings. The number of rotatable bonds is 3. The standard InChI is InChI=1S/C11H9F3N4O/c12-11(13,14)8-3-1-2-7(4-8)5-15-10(19)9-16-6-17-18-9/h1-4,6H,5H2,(H,15,19)(H,16,17,18). The van der Waals surface area contributed by atoms with Gasteiger partial charge in [0.1, 0.15) is 6.33 Å². The molecule has 1 heterocycles. The summed E-state index contributed by atoms with van der Waals surface area (Å²) >= 11 is 0. The molecule has 0 fully saturated rings. The van der Waals surface area contributed by atoms with Crippen LogP contribution in [0.1, 0.15) is 21.7 Å². The Morgan fingerprint density at radius 1 is 1.37 bits per heavy atom. The lowest BCUT2D eigenvalue weighted by molar-refractivity contribution is -0.137. The first kappa shape index (κ1) is 13.1. The summed E-state index contributed by atoms with van der Waals surface area (Å²) in [6, 6.07) is 4.75. The van der Waals surface area contributed by atoms with E-state index >= 15 is 0 Å². The van der Waals surface area contributed by atoms with Crippen LogP contribution in [0.3, 0.4) is 0 Å². The van der Waals surface area contributed by atoms with Gasteiger partial charge >= 0.3 is 6.18 Å². The number of hydrogen-bond acceptors (Lipinski definition) is 3. The largest absolute Gasteiger partial charge is 0.416 e. The Bertz CT molecular complexity index is 566. The van der Waals surface area contributed by atoms with E-state index in [4.69, 9.17) is 0 Å². The van der Waals surface area contributed by atoms with E-state index in [2.05, 4.69) is 20.5 Å². The molecule has 1 aromatic heterocycles. The Balaban J connectivity index is 2.02. The van der Waals surface area contributed by atoms with E-state index in [-0.39, 0.29) is 12.4 Å². The lowest BCUT2D eigenvalue weighted by Crippen LogP contribution is -2.24. The molecule has 100 valence electrons. The van der Waals surface area contributed by atoms with E-state index in [0.717, 1.165) is 12.1 Å². The highest BCUT2D eigenvalue weighted by atomic mass is 19.4. The van der Waals surface area contributed by atoms with Gasteiger partial charge < -0.3 is 5.32 Å². The molecule has 0 saturated heterocycles. The van der Waals surface area contributed by atoms with Crippen LogP contribution in [0, 0.1) is 0 Å². The van der Waals surface area contributed by atoms with Crippen molar-refractivity contribution in [3.8, 4) is 0 Å². The van der Waals surface area contributed by atoms with Crippen LogP contribution in [0.2, 0.25) is 0 Å². The van der Waals surface area contributed by atoms with Crippen LogP contribution in [0.15, 0.2) is 30.6 Å². The Morgan fingerprint density at radius 2 is 2.16 bits per heavy atom. The summed E-state index contributed by atoms with van der Waals surface area (Å²) in [5, 5.41) is 8.29. The number of alkyl halides is 3. The molecule has 0 radical (unpaired) electrons. The molecule has 1 aromatic carbocycles. The Morgan fingerprint density at radius 3 is 2.79 bits per heavy atom. The minimum Gasteiger partial charge on any atom is -0.345 e. The lowest BCUT2D eigenvalue weighted by atomic mass is 10.1. The normalized spacial score (nSPS) is 11.3. The fourth-order valence-corrected chi connectivity index (χ4v) is 1.44. The second-order valence-electron chi connectivity index (χ2n) is 3.71. The molecular formula is C11H9F3N4O. The van der Waals surface area contributed by atoms with Crippen molar-refractivity contribution in [2.24, 2.45) is 0 Å². The van der Waals surface area contributed by atoms with Crippen LogP contribution in [-0.2, 0) is 12.7 Å². The summed E-state index contributed by atoms with van der Waals surface area (Å²) in [7, 11) is 0.